The highest BCUT2D eigenvalue weighted by Gasteiger charge is 2.24. The quantitative estimate of drug-likeness (QED) is 0.566. The van der Waals surface area contributed by atoms with E-state index in [4.69, 9.17) is 27.4 Å². The monoisotopic (exact) mass is 448 g/mol. The predicted octanol–water partition coefficient (Wildman–Crippen LogP) is 3.50. The summed E-state index contributed by atoms with van der Waals surface area (Å²) in [5.74, 6) is 0.0990. The standard InChI is InChI=1S/C13H7BrCl2N4O3S/c14-8-5-11(15)13(12(16)6-8)24(21,22)23-10-3-1-9(2-4-10)20-7-17-18-19-20/h1-7H. The Morgan fingerprint density at radius 2 is 1.71 bits per heavy atom. The molecular formula is C13H7BrCl2N4O3S. The third kappa shape index (κ3) is 3.54. The first kappa shape index (κ1) is 17.2. The van der Waals surface area contributed by atoms with Gasteiger partial charge in [0.15, 0.2) is 0 Å². The first-order valence-corrected chi connectivity index (χ1v) is 9.25. The summed E-state index contributed by atoms with van der Waals surface area (Å²) in [5.41, 5.74) is 0.643. The van der Waals surface area contributed by atoms with Crippen LogP contribution in [0, 0.1) is 0 Å². The van der Waals surface area contributed by atoms with E-state index >= 15 is 0 Å². The van der Waals surface area contributed by atoms with Gasteiger partial charge in [-0.1, -0.05) is 39.1 Å². The van der Waals surface area contributed by atoms with Crippen molar-refractivity contribution in [3.8, 4) is 11.4 Å². The molecule has 7 nitrogen and oxygen atoms in total. The number of aromatic nitrogens is 4. The van der Waals surface area contributed by atoms with Crippen molar-refractivity contribution in [2.45, 2.75) is 4.90 Å². The fraction of sp³-hybridized carbons (Fsp3) is 0. The molecule has 11 heteroatoms. The number of hydrogen-bond donors (Lipinski definition) is 0. The van der Waals surface area contributed by atoms with E-state index in [1.807, 2.05) is 0 Å². The molecule has 0 spiro atoms. The summed E-state index contributed by atoms with van der Waals surface area (Å²) < 4.78 is 31.9. The first-order chi connectivity index (χ1) is 11.4. The Bertz CT molecular complexity index is 956. The van der Waals surface area contributed by atoms with Crippen molar-refractivity contribution < 1.29 is 12.6 Å². The maximum Gasteiger partial charge on any atom is 0.342 e. The molecule has 0 amide bonds. The average molecular weight is 450 g/mol. The highest BCUT2D eigenvalue weighted by atomic mass is 79.9. The Kier molecular flexibility index (Phi) is 4.77. The van der Waals surface area contributed by atoms with E-state index in [0.717, 1.165) is 0 Å². The molecule has 0 bridgehead atoms. The summed E-state index contributed by atoms with van der Waals surface area (Å²) in [6.45, 7) is 0. The van der Waals surface area contributed by atoms with Gasteiger partial charge in [-0.2, -0.15) is 8.42 Å². The van der Waals surface area contributed by atoms with Crippen LogP contribution in [0.25, 0.3) is 5.69 Å². The van der Waals surface area contributed by atoms with Gasteiger partial charge in [-0.05, 0) is 46.8 Å². The molecule has 0 aliphatic carbocycles. The SMILES string of the molecule is O=S(=O)(Oc1ccc(-n2cnnn2)cc1)c1c(Cl)cc(Br)cc1Cl. The van der Waals surface area contributed by atoms with Crippen molar-refractivity contribution in [2.24, 2.45) is 0 Å². The minimum atomic E-state index is -4.19. The van der Waals surface area contributed by atoms with E-state index in [1.54, 1.807) is 12.1 Å². The van der Waals surface area contributed by atoms with Gasteiger partial charge in [0.05, 0.1) is 15.7 Å². The first-order valence-electron chi connectivity index (χ1n) is 6.29. The van der Waals surface area contributed by atoms with Gasteiger partial charge in [0.2, 0.25) is 0 Å². The summed E-state index contributed by atoms with van der Waals surface area (Å²) in [6, 6.07) is 8.98. The molecule has 0 atom stereocenters. The second-order valence-electron chi connectivity index (χ2n) is 4.48. The van der Waals surface area contributed by atoms with Gasteiger partial charge < -0.3 is 4.18 Å². The molecule has 0 radical (unpaired) electrons. The maximum absolute atomic E-state index is 12.4. The number of rotatable bonds is 4. The fourth-order valence-corrected chi connectivity index (χ4v) is 4.69. The minimum Gasteiger partial charge on any atom is -0.379 e. The molecule has 1 aromatic heterocycles. The molecule has 24 heavy (non-hydrogen) atoms. The summed E-state index contributed by atoms with van der Waals surface area (Å²) in [7, 11) is -4.19. The Hall–Kier alpha value is -1.68. The number of nitrogens with zero attached hydrogens (tertiary/aromatic N) is 4. The van der Waals surface area contributed by atoms with Crippen molar-refractivity contribution in [3.63, 3.8) is 0 Å². The Labute approximate surface area is 155 Å². The molecule has 1 heterocycles. The Morgan fingerprint density at radius 3 is 2.25 bits per heavy atom. The zero-order valence-electron chi connectivity index (χ0n) is 11.6. The number of halogens is 3. The van der Waals surface area contributed by atoms with E-state index in [9.17, 15) is 8.42 Å². The van der Waals surface area contributed by atoms with Crippen molar-refractivity contribution in [1.29, 1.82) is 0 Å². The molecule has 3 aromatic rings. The summed E-state index contributed by atoms with van der Waals surface area (Å²) >= 11 is 15.1. The van der Waals surface area contributed by atoms with E-state index in [2.05, 4.69) is 31.5 Å². The zero-order chi connectivity index (χ0) is 17.3. The van der Waals surface area contributed by atoms with Crippen molar-refractivity contribution in [3.05, 3.63) is 57.2 Å². The number of hydrogen-bond acceptors (Lipinski definition) is 6. The van der Waals surface area contributed by atoms with Crippen LogP contribution in [-0.4, -0.2) is 28.6 Å². The minimum absolute atomic E-state index is 0.0420. The molecular weight excluding hydrogens is 443 g/mol. The molecule has 0 saturated heterocycles. The third-order valence-electron chi connectivity index (χ3n) is 2.87. The lowest BCUT2D eigenvalue weighted by molar-refractivity contribution is 0.486. The molecule has 0 unspecified atom stereocenters. The van der Waals surface area contributed by atoms with Crippen LogP contribution in [0.3, 0.4) is 0 Å². The topological polar surface area (TPSA) is 87.0 Å². The third-order valence-corrected chi connectivity index (χ3v) is 5.50. The van der Waals surface area contributed by atoms with Crippen molar-refractivity contribution >= 4 is 49.2 Å². The van der Waals surface area contributed by atoms with Crippen LogP contribution < -0.4 is 4.18 Å². The van der Waals surface area contributed by atoms with E-state index < -0.39 is 10.1 Å². The normalized spacial score (nSPS) is 11.5. The van der Waals surface area contributed by atoms with Crippen LogP contribution in [-0.2, 0) is 10.1 Å². The van der Waals surface area contributed by atoms with Crippen LogP contribution in [0.4, 0.5) is 0 Å². The number of benzene rings is 2. The smallest absolute Gasteiger partial charge is 0.342 e. The molecule has 0 aliphatic heterocycles. The van der Waals surface area contributed by atoms with E-state index in [-0.39, 0.29) is 20.7 Å². The molecule has 0 fully saturated rings. The van der Waals surface area contributed by atoms with Crippen LogP contribution in [0.5, 0.6) is 5.75 Å². The van der Waals surface area contributed by atoms with Crippen molar-refractivity contribution in [2.75, 3.05) is 0 Å². The number of tetrazole rings is 1. The molecule has 124 valence electrons. The zero-order valence-corrected chi connectivity index (χ0v) is 15.5. The van der Waals surface area contributed by atoms with Gasteiger partial charge in [-0.25, -0.2) is 4.68 Å². The van der Waals surface area contributed by atoms with Crippen LogP contribution in [0.2, 0.25) is 10.0 Å². The van der Waals surface area contributed by atoms with Gasteiger partial charge in [0, 0.05) is 4.47 Å². The van der Waals surface area contributed by atoms with Gasteiger partial charge in [0.1, 0.15) is 17.0 Å². The summed E-state index contributed by atoms with van der Waals surface area (Å²) in [6.07, 6.45) is 1.41. The lowest BCUT2D eigenvalue weighted by Crippen LogP contribution is -2.11. The molecule has 0 aliphatic rings. The second-order valence-corrected chi connectivity index (χ2v) is 7.70. The van der Waals surface area contributed by atoms with Gasteiger partial charge in [-0.3, -0.25) is 0 Å². The van der Waals surface area contributed by atoms with Gasteiger partial charge in [-0.15, -0.1) is 5.10 Å². The largest absolute Gasteiger partial charge is 0.379 e. The highest BCUT2D eigenvalue weighted by Crippen LogP contribution is 2.34. The average Bonchev–Trinajstić information content (AvgIpc) is 3.00. The molecule has 0 N–H and O–H groups in total. The Balaban J connectivity index is 1.90. The van der Waals surface area contributed by atoms with Gasteiger partial charge in [0.25, 0.3) is 0 Å². The van der Waals surface area contributed by atoms with Crippen LogP contribution in [0.15, 0.2) is 52.1 Å². The summed E-state index contributed by atoms with van der Waals surface area (Å²) in [5, 5.41) is 10.7. The highest BCUT2D eigenvalue weighted by molar-refractivity contribution is 9.10. The van der Waals surface area contributed by atoms with Gasteiger partial charge >= 0.3 is 10.1 Å². The van der Waals surface area contributed by atoms with E-state index in [1.165, 1.54) is 35.3 Å². The summed E-state index contributed by atoms with van der Waals surface area (Å²) in [4.78, 5) is -0.293. The van der Waals surface area contributed by atoms with E-state index in [0.29, 0.717) is 10.2 Å². The lowest BCUT2D eigenvalue weighted by Gasteiger charge is -2.11. The molecule has 3 rings (SSSR count). The maximum atomic E-state index is 12.4. The van der Waals surface area contributed by atoms with Crippen LogP contribution >= 0.6 is 39.1 Å². The molecule has 0 saturated carbocycles. The second kappa shape index (κ2) is 6.67. The van der Waals surface area contributed by atoms with Crippen molar-refractivity contribution in [1.82, 2.24) is 20.2 Å². The van der Waals surface area contributed by atoms with Crippen LogP contribution in [0.1, 0.15) is 0 Å². The predicted molar refractivity (Wildman–Crippen MR) is 91.1 cm³/mol. The fourth-order valence-electron chi connectivity index (χ4n) is 1.87. The Morgan fingerprint density at radius 1 is 1.08 bits per heavy atom. The lowest BCUT2D eigenvalue weighted by atomic mass is 10.3. The molecule has 2 aromatic carbocycles.